The predicted molar refractivity (Wildman–Crippen MR) is 131 cm³/mol. The number of nitrogens with zero attached hydrogens (tertiary/aromatic N) is 2. The Bertz CT molecular complexity index is 1420. The van der Waals surface area contributed by atoms with Crippen LogP contribution in [0.4, 0.5) is 0 Å². The molecule has 2 aromatic carbocycles. The summed E-state index contributed by atoms with van der Waals surface area (Å²) in [5, 5.41) is 4.82. The van der Waals surface area contributed by atoms with Crippen LogP contribution in [0.1, 0.15) is 21.6 Å². The van der Waals surface area contributed by atoms with E-state index in [-0.39, 0.29) is 17.5 Å². The number of fused-ring (bicyclic) bond motifs is 1. The van der Waals surface area contributed by atoms with Crippen LogP contribution in [-0.4, -0.2) is 30.1 Å². The fourth-order valence-electron chi connectivity index (χ4n) is 3.72. The van der Waals surface area contributed by atoms with Gasteiger partial charge in [0, 0.05) is 33.4 Å². The summed E-state index contributed by atoms with van der Waals surface area (Å²) in [6.07, 6.45) is 4.79. The monoisotopic (exact) mass is 519 g/mol. The molecular formula is C23H22Cl2N4O4P+. The lowest BCUT2D eigenvalue weighted by atomic mass is 10.2. The quantitative estimate of drug-likeness (QED) is 0.288. The average molecular weight is 520 g/mol. The number of aromatic nitrogens is 3. The van der Waals surface area contributed by atoms with Crippen LogP contribution in [0.3, 0.4) is 0 Å². The number of carbonyl (C=O) groups is 1. The zero-order valence-corrected chi connectivity index (χ0v) is 21.0. The molecule has 1 amide bonds. The Hall–Kier alpha value is -2.90. The van der Waals surface area contributed by atoms with Crippen LogP contribution in [0, 0.1) is 6.92 Å². The number of aryl methyl sites for hydroxylation is 1. The lowest BCUT2D eigenvalue weighted by molar-refractivity contribution is -0.887. The maximum absolute atomic E-state index is 14.4. The highest BCUT2D eigenvalue weighted by atomic mass is 35.5. The summed E-state index contributed by atoms with van der Waals surface area (Å²) in [7, 11) is -0.894. The van der Waals surface area contributed by atoms with Crippen LogP contribution in [0.5, 0.6) is 0 Å². The van der Waals surface area contributed by atoms with Gasteiger partial charge in [0.1, 0.15) is 25.2 Å². The summed E-state index contributed by atoms with van der Waals surface area (Å²) < 4.78 is 21.5. The van der Waals surface area contributed by atoms with Gasteiger partial charge in [-0.25, -0.2) is 0 Å². The molecule has 34 heavy (non-hydrogen) atoms. The van der Waals surface area contributed by atoms with E-state index in [1.54, 1.807) is 48.8 Å². The Morgan fingerprint density at radius 3 is 2.68 bits per heavy atom. The number of carbonyl (C=O) groups excluding carboxylic acids is 1. The summed E-state index contributed by atoms with van der Waals surface area (Å²) in [6, 6.07) is 10.1. The molecule has 0 saturated carbocycles. The number of hydrogen-bond acceptors (Lipinski definition) is 5. The molecule has 4 rings (SSSR count). The number of benzene rings is 2. The van der Waals surface area contributed by atoms with E-state index in [0.717, 1.165) is 5.56 Å². The van der Waals surface area contributed by atoms with Gasteiger partial charge < -0.3 is 19.7 Å². The zero-order valence-electron chi connectivity index (χ0n) is 18.6. The lowest BCUT2D eigenvalue weighted by Gasteiger charge is -2.19. The maximum atomic E-state index is 14.4. The number of nitrogens with one attached hydrogen (secondary N) is 2. The number of hydrogen-bond donors (Lipinski definition) is 2. The summed E-state index contributed by atoms with van der Waals surface area (Å²) in [5.74, 6) is -0.467. The van der Waals surface area contributed by atoms with Crippen molar-refractivity contribution in [3.63, 3.8) is 0 Å². The first kappa shape index (κ1) is 24.2. The van der Waals surface area contributed by atoms with Gasteiger partial charge in [-0.2, -0.15) is 0 Å². The molecule has 1 atom stereocenters. The predicted octanol–water partition coefficient (Wildman–Crippen LogP) is 3.33. The van der Waals surface area contributed by atoms with Crippen molar-refractivity contribution in [3.05, 3.63) is 82.0 Å². The molecule has 176 valence electrons. The molecule has 0 spiro atoms. The number of aromatic amines is 1. The number of halogens is 2. The minimum atomic E-state index is -3.75. The van der Waals surface area contributed by atoms with Gasteiger partial charge in [0.05, 0.1) is 17.4 Å². The van der Waals surface area contributed by atoms with Crippen molar-refractivity contribution in [2.75, 3.05) is 14.2 Å². The van der Waals surface area contributed by atoms with E-state index in [4.69, 9.17) is 32.6 Å². The fourth-order valence-corrected chi connectivity index (χ4v) is 6.55. The third-order valence-corrected chi connectivity index (χ3v) is 8.22. The standard InChI is InChI=1S/C23H21Cl2N4O4P/c1-14-6-17(25)8-18(7-14)34(31,33-3)22-19-9-16(24)4-5-20(19)28-21(22)23(30)27-11-15-10-26-13-29(12-15)32-2/h4-10,12-13H,11H2,1-3H3,(H-,27,28,30,31)/p+1. The Kier molecular flexibility index (Phi) is 6.96. The summed E-state index contributed by atoms with van der Waals surface area (Å²) in [5.41, 5.74) is 2.23. The Morgan fingerprint density at radius 2 is 1.97 bits per heavy atom. The van der Waals surface area contributed by atoms with Gasteiger partial charge in [-0.1, -0.05) is 32.9 Å². The number of rotatable bonds is 7. The molecule has 11 heteroatoms. The molecule has 0 fully saturated rings. The third-order valence-electron chi connectivity index (χ3n) is 5.26. The van der Waals surface area contributed by atoms with Crippen LogP contribution in [0.25, 0.3) is 10.9 Å². The van der Waals surface area contributed by atoms with Crippen molar-refractivity contribution >= 4 is 58.0 Å². The molecule has 0 aliphatic rings. The van der Waals surface area contributed by atoms with Crippen LogP contribution in [-0.2, 0) is 15.6 Å². The van der Waals surface area contributed by atoms with E-state index >= 15 is 0 Å². The van der Waals surface area contributed by atoms with Crippen LogP contribution < -0.4 is 25.5 Å². The second kappa shape index (κ2) is 9.76. The fraction of sp³-hybridized carbons (Fsp3) is 0.174. The molecule has 4 aromatic rings. The number of amides is 1. The van der Waals surface area contributed by atoms with Crippen molar-refractivity contribution in [2.24, 2.45) is 0 Å². The van der Waals surface area contributed by atoms with Crippen molar-refractivity contribution in [2.45, 2.75) is 13.5 Å². The molecule has 0 radical (unpaired) electrons. The second-order valence-corrected chi connectivity index (χ2v) is 10.9. The van der Waals surface area contributed by atoms with Gasteiger partial charge in [0.2, 0.25) is 0 Å². The molecule has 0 aliphatic carbocycles. The highest BCUT2D eigenvalue weighted by Gasteiger charge is 2.36. The largest absolute Gasteiger partial charge is 0.350 e. The molecule has 2 N–H and O–H groups in total. The SMILES string of the molecule is CO[n+]1cncc(CNC(=O)c2[nH]c3ccc(Cl)cc3c2P(=O)(OC)c2cc(C)cc(Cl)c2)c1. The minimum absolute atomic E-state index is 0.114. The molecule has 0 aliphatic heterocycles. The van der Waals surface area contributed by atoms with Crippen molar-refractivity contribution in [3.8, 4) is 0 Å². The first-order chi connectivity index (χ1) is 16.2. The van der Waals surface area contributed by atoms with E-state index in [2.05, 4.69) is 15.3 Å². The van der Waals surface area contributed by atoms with Gasteiger partial charge in [-0.3, -0.25) is 9.36 Å². The van der Waals surface area contributed by atoms with Gasteiger partial charge in [0.15, 0.2) is 0 Å². The normalized spacial score (nSPS) is 13.0. The molecular weight excluding hydrogens is 498 g/mol. The van der Waals surface area contributed by atoms with E-state index in [0.29, 0.717) is 31.8 Å². The van der Waals surface area contributed by atoms with Crippen LogP contribution in [0.15, 0.2) is 55.1 Å². The van der Waals surface area contributed by atoms with Gasteiger partial charge >= 0.3 is 6.33 Å². The highest BCUT2D eigenvalue weighted by molar-refractivity contribution is 7.75. The zero-order chi connectivity index (χ0) is 24.5. The van der Waals surface area contributed by atoms with Crippen molar-refractivity contribution in [1.29, 1.82) is 0 Å². The van der Waals surface area contributed by atoms with Crippen molar-refractivity contribution < 1.29 is 23.5 Å². The topological polar surface area (TPSA) is 97.2 Å². The average Bonchev–Trinajstić information content (AvgIpc) is 3.20. The second-order valence-electron chi connectivity index (χ2n) is 7.58. The molecule has 2 heterocycles. The van der Waals surface area contributed by atoms with E-state index < -0.39 is 13.3 Å². The van der Waals surface area contributed by atoms with Crippen LogP contribution >= 0.6 is 30.6 Å². The third kappa shape index (κ3) is 4.68. The summed E-state index contributed by atoms with van der Waals surface area (Å²) in [4.78, 5) is 25.6. The van der Waals surface area contributed by atoms with Crippen LogP contribution in [0.2, 0.25) is 10.0 Å². The molecule has 8 nitrogen and oxygen atoms in total. The minimum Gasteiger partial charge on any atom is -0.350 e. The summed E-state index contributed by atoms with van der Waals surface area (Å²) in [6.45, 7) is 2.01. The smallest absolute Gasteiger partial charge is 0.324 e. The molecule has 0 bridgehead atoms. The molecule has 1 unspecified atom stereocenters. The highest BCUT2D eigenvalue weighted by Crippen LogP contribution is 2.47. The first-order valence-electron chi connectivity index (χ1n) is 10.2. The molecule has 2 aromatic heterocycles. The van der Waals surface area contributed by atoms with E-state index in [9.17, 15) is 9.36 Å². The Morgan fingerprint density at radius 1 is 1.18 bits per heavy atom. The maximum Gasteiger partial charge on any atom is 0.324 e. The lowest BCUT2D eigenvalue weighted by Crippen LogP contribution is -2.41. The van der Waals surface area contributed by atoms with Gasteiger partial charge in [-0.05, 0) is 48.9 Å². The van der Waals surface area contributed by atoms with Gasteiger partial charge in [-0.15, -0.1) is 0 Å². The molecule has 0 saturated heterocycles. The summed E-state index contributed by atoms with van der Waals surface area (Å²) >= 11 is 12.5. The van der Waals surface area contributed by atoms with E-state index in [1.807, 2.05) is 6.92 Å². The number of H-pyrrole nitrogens is 1. The Balaban J connectivity index is 1.83. The van der Waals surface area contributed by atoms with Crippen molar-refractivity contribution in [1.82, 2.24) is 15.3 Å². The first-order valence-corrected chi connectivity index (χ1v) is 12.6. The van der Waals surface area contributed by atoms with E-state index in [1.165, 1.54) is 25.3 Å². The van der Waals surface area contributed by atoms with Gasteiger partial charge in [0.25, 0.3) is 13.3 Å². The Labute approximate surface area is 206 Å².